The number of rotatable bonds is 7. The largest absolute Gasteiger partial charge is 0.459 e. The number of carbonyl (C=O) groups is 1. The van der Waals surface area contributed by atoms with Crippen molar-refractivity contribution in [3.63, 3.8) is 0 Å². The zero-order chi connectivity index (χ0) is 22.6. The van der Waals surface area contributed by atoms with Crippen LogP contribution in [0.4, 0.5) is 0 Å². The van der Waals surface area contributed by atoms with Crippen LogP contribution < -0.4 is 0 Å². The summed E-state index contributed by atoms with van der Waals surface area (Å²) >= 11 is 0. The average molecular weight is 444 g/mol. The molecule has 1 saturated heterocycles. The molecule has 0 bridgehead atoms. The van der Waals surface area contributed by atoms with E-state index < -0.39 is 27.2 Å². The van der Waals surface area contributed by atoms with Crippen molar-refractivity contribution in [2.45, 2.75) is 63.5 Å². The summed E-state index contributed by atoms with van der Waals surface area (Å²) in [6, 6.07) is 15.8. The van der Waals surface area contributed by atoms with Crippen molar-refractivity contribution in [3.8, 4) is 11.1 Å². The van der Waals surface area contributed by atoms with Crippen LogP contribution in [-0.2, 0) is 25.8 Å². The minimum atomic E-state index is -3.74. The van der Waals surface area contributed by atoms with Crippen molar-refractivity contribution < 1.29 is 17.9 Å². The minimum Gasteiger partial charge on any atom is -0.459 e. The van der Waals surface area contributed by atoms with E-state index in [9.17, 15) is 13.2 Å². The molecule has 0 spiro atoms. The highest BCUT2D eigenvalue weighted by Crippen LogP contribution is 2.23. The van der Waals surface area contributed by atoms with Crippen molar-refractivity contribution in [1.29, 1.82) is 0 Å². The maximum Gasteiger partial charge on any atom is 0.322 e. The Morgan fingerprint density at radius 3 is 2.13 bits per heavy atom. The van der Waals surface area contributed by atoms with Crippen molar-refractivity contribution in [2.24, 2.45) is 0 Å². The number of hydrogen-bond acceptors (Lipinski definition) is 5. The fourth-order valence-electron chi connectivity index (χ4n) is 3.93. The van der Waals surface area contributed by atoms with E-state index in [1.165, 1.54) is 24.9 Å². The number of esters is 1. The van der Waals surface area contributed by atoms with Crippen LogP contribution in [0.15, 0.2) is 53.4 Å². The molecule has 3 rings (SSSR count). The molecule has 1 fully saturated rings. The van der Waals surface area contributed by atoms with Gasteiger partial charge in [0.05, 0.1) is 4.90 Å². The molecule has 31 heavy (non-hydrogen) atoms. The average Bonchev–Trinajstić information content (AvgIpc) is 3.10. The van der Waals surface area contributed by atoms with Gasteiger partial charge in [0.1, 0.15) is 5.60 Å². The molecule has 0 amide bonds. The highest BCUT2D eigenvalue weighted by atomic mass is 32.2. The molecule has 1 unspecified atom stereocenters. The molecule has 1 aliphatic rings. The van der Waals surface area contributed by atoms with Crippen LogP contribution in [0.2, 0.25) is 0 Å². The van der Waals surface area contributed by atoms with Gasteiger partial charge in [0.2, 0.25) is 0 Å². The van der Waals surface area contributed by atoms with E-state index in [0.29, 0.717) is 6.04 Å². The molecule has 168 valence electrons. The fraction of sp³-hybridized carbons (Fsp3) is 0.480. The summed E-state index contributed by atoms with van der Waals surface area (Å²) < 4.78 is 30.2. The summed E-state index contributed by atoms with van der Waals surface area (Å²) in [5.41, 5.74) is 2.57. The van der Waals surface area contributed by atoms with Gasteiger partial charge >= 0.3 is 5.97 Å². The van der Waals surface area contributed by atoms with Gasteiger partial charge in [-0.05, 0) is 82.3 Å². The minimum absolute atomic E-state index is 0.124. The lowest BCUT2D eigenvalue weighted by Crippen LogP contribution is -2.28. The maximum atomic E-state index is 12.5. The molecule has 0 aromatic heterocycles. The lowest BCUT2D eigenvalue weighted by atomic mass is 10.0. The number of hydrogen-bond donors (Lipinski definition) is 0. The van der Waals surface area contributed by atoms with Gasteiger partial charge in [0.15, 0.2) is 15.6 Å². The van der Waals surface area contributed by atoms with E-state index in [1.54, 1.807) is 45.0 Å². The van der Waals surface area contributed by atoms with Crippen LogP contribution in [-0.4, -0.2) is 49.8 Å². The first-order valence-electron chi connectivity index (χ1n) is 10.9. The van der Waals surface area contributed by atoms with Gasteiger partial charge in [-0.25, -0.2) is 8.42 Å². The van der Waals surface area contributed by atoms with Crippen LogP contribution in [0, 0.1) is 0 Å². The van der Waals surface area contributed by atoms with Crippen LogP contribution >= 0.6 is 0 Å². The Hall–Kier alpha value is -2.18. The molecule has 1 aliphatic heterocycles. The second-order valence-electron chi connectivity index (χ2n) is 9.34. The molecular formula is C25H33NO4S. The molecule has 0 saturated carbocycles. The normalized spacial score (nSPS) is 17.6. The van der Waals surface area contributed by atoms with Crippen molar-refractivity contribution in [2.75, 3.05) is 18.8 Å². The van der Waals surface area contributed by atoms with E-state index in [-0.39, 0.29) is 4.90 Å². The number of benzene rings is 2. The first-order valence-corrected chi connectivity index (χ1v) is 12.6. The third kappa shape index (κ3) is 6.65. The van der Waals surface area contributed by atoms with Crippen molar-refractivity contribution >= 4 is 15.8 Å². The maximum absolute atomic E-state index is 12.5. The highest BCUT2D eigenvalue weighted by molar-refractivity contribution is 7.92. The number of ether oxygens (including phenoxy) is 1. The molecular weight excluding hydrogens is 410 g/mol. The van der Waals surface area contributed by atoms with E-state index >= 15 is 0 Å². The Morgan fingerprint density at radius 2 is 1.61 bits per heavy atom. The number of carbonyl (C=O) groups excluding carboxylic acids is 1. The Bertz CT molecular complexity index is 989. The summed E-state index contributed by atoms with van der Waals surface area (Å²) in [5.74, 6) is -1.40. The Morgan fingerprint density at radius 1 is 1.03 bits per heavy atom. The zero-order valence-electron chi connectivity index (χ0n) is 18.9. The van der Waals surface area contributed by atoms with Gasteiger partial charge in [-0.15, -0.1) is 0 Å². The van der Waals surface area contributed by atoms with Crippen LogP contribution in [0.1, 0.15) is 46.1 Å². The van der Waals surface area contributed by atoms with Gasteiger partial charge in [-0.2, -0.15) is 0 Å². The fourth-order valence-corrected chi connectivity index (χ4v) is 5.01. The lowest BCUT2D eigenvalue weighted by molar-refractivity contribution is -0.151. The quantitative estimate of drug-likeness (QED) is 0.590. The summed E-state index contributed by atoms with van der Waals surface area (Å²) in [4.78, 5) is 14.6. The summed E-state index contributed by atoms with van der Waals surface area (Å²) in [5, 5.41) is 0. The predicted molar refractivity (Wildman–Crippen MR) is 124 cm³/mol. The third-order valence-corrected chi connectivity index (χ3v) is 7.21. The standard InChI is InChI=1S/C25H33NO4S/c1-19-6-5-16-26(19)17-15-20-7-9-21(10-8-20)22-11-13-23(14-12-22)31(28,29)18-24(27)30-25(2,3)4/h7-14,19H,5-6,15-18H2,1-4H3. The molecule has 0 N–H and O–H groups in total. The van der Waals surface area contributed by atoms with Gasteiger partial charge in [0, 0.05) is 12.6 Å². The van der Waals surface area contributed by atoms with E-state index in [4.69, 9.17) is 4.74 Å². The monoisotopic (exact) mass is 443 g/mol. The summed E-state index contributed by atoms with van der Waals surface area (Å²) in [6.07, 6.45) is 3.62. The van der Waals surface area contributed by atoms with Crippen LogP contribution in [0.25, 0.3) is 11.1 Å². The highest BCUT2D eigenvalue weighted by Gasteiger charge is 2.24. The van der Waals surface area contributed by atoms with E-state index in [2.05, 4.69) is 36.1 Å². The SMILES string of the molecule is CC1CCCN1CCc1ccc(-c2ccc(S(=O)(=O)CC(=O)OC(C)(C)C)cc2)cc1. The second kappa shape index (κ2) is 9.53. The van der Waals surface area contributed by atoms with Gasteiger partial charge in [0.25, 0.3) is 0 Å². The zero-order valence-corrected chi connectivity index (χ0v) is 19.7. The number of likely N-dealkylation sites (tertiary alicyclic amines) is 1. The Kier molecular flexibility index (Phi) is 7.22. The first-order chi connectivity index (χ1) is 14.5. The topological polar surface area (TPSA) is 63.7 Å². The van der Waals surface area contributed by atoms with Gasteiger partial charge < -0.3 is 9.64 Å². The first kappa shape index (κ1) is 23.5. The predicted octanol–water partition coefficient (Wildman–Crippen LogP) is 4.50. The van der Waals surface area contributed by atoms with Crippen molar-refractivity contribution in [3.05, 3.63) is 54.1 Å². The Balaban J connectivity index is 1.62. The van der Waals surface area contributed by atoms with Crippen molar-refractivity contribution in [1.82, 2.24) is 4.90 Å². The molecule has 0 radical (unpaired) electrons. The molecule has 0 aliphatic carbocycles. The second-order valence-corrected chi connectivity index (χ2v) is 11.3. The van der Waals surface area contributed by atoms with Crippen LogP contribution in [0.5, 0.6) is 0 Å². The molecule has 5 nitrogen and oxygen atoms in total. The molecule has 1 atom stereocenters. The van der Waals surface area contributed by atoms with E-state index in [0.717, 1.165) is 24.1 Å². The van der Waals surface area contributed by atoms with Crippen LogP contribution in [0.3, 0.4) is 0 Å². The smallest absolute Gasteiger partial charge is 0.322 e. The molecule has 6 heteroatoms. The number of sulfone groups is 1. The summed E-state index contributed by atoms with van der Waals surface area (Å²) in [6.45, 7) is 9.72. The Labute approximate surface area is 186 Å². The molecule has 1 heterocycles. The molecule has 2 aromatic rings. The van der Waals surface area contributed by atoms with Gasteiger partial charge in [-0.1, -0.05) is 36.4 Å². The summed E-state index contributed by atoms with van der Waals surface area (Å²) in [7, 11) is -3.74. The lowest BCUT2D eigenvalue weighted by Gasteiger charge is -2.20. The van der Waals surface area contributed by atoms with Gasteiger partial charge in [-0.3, -0.25) is 4.79 Å². The van der Waals surface area contributed by atoms with E-state index in [1.807, 2.05) is 0 Å². The molecule has 2 aromatic carbocycles. The number of nitrogens with zero attached hydrogens (tertiary/aromatic N) is 1. The third-order valence-electron chi connectivity index (χ3n) is 5.61.